The van der Waals surface area contributed by atoms with Crippen molar-refractivity contribution < 1.29 is 4.39 Å². The molecule has 0 aliphatic rings. The monoisotopic (exact) mass is 368 g/mol. The summed E-state index contributed by atoms with van der Waals surface area (Å²) in [6.07, 6.45) is 8.59. The SMILES string of the molecule is CCCCCC/C=C(\C(Cl)c1cccc(F)c1)[Si](CC)(CC)CC. The molecule has 0 spiro atoms. The lowest BCUT2D eigenvalue weighted by Crippen LogP contribution is -2.36. The summed E-state index contributed by atoms with van der Waals surface area (Å²) < 4.78 is 13.7. The Morgan fingerprint density at radius 3 is 2.29 bits per heavy atom. The minimum Gasteiger partial charge on any atom is -0.207 e. The zero-order valence-corrected chi connectivity index (χ0v) is 17.6. The van der Waals surface area contributed by atoms with Gasteiger partial charge in [0, 0.05) is 0 Å². The molecule has 1 rings (SSSR count). The van der Waals surface area contributed by atoms with E-state index in [2.05, 4.69) is 33.8 Å². The van der Waals surface area contributed by atoms with Gasteiger partial charge in [-0.05, 0) is 30.5 Å². The van der Waals surface area contributed by atoms with E-state index >= 15 is 0 Å². The van der Waals surface area contributed by atoms with E-state index in [1.165, 1.54) is 55.1 Å². The van der Waals surface area contributed by atoms with Gasteiger partial charge in [-0.1, -0.05) is 88.5 Å². The molecule has 0 saturated carbocycles. The highest BCUT2D eigenvalue weighted by molar-refractivity contribution is 6.87. The summed E-state index contributed by atoms with van der Waals surface area (Å²) in [4.78, 5) is 0. The van der Waals surface area contributed by atoms with E-state index in [-0.39, 0.29) is 11.2 Å². The summed E-state index contributed by atoms with van der Waals surface area (Å²) in [6, 6.07) is 10.4. The quantitative estimate of drug-likeness (QED) is 0.210. The molecule has 0 aliphatic heterocycles. The van der Waals surface area contributed by atoms with Crippen LogP contribution >= 0.6 is 11.6 Å². The summed E-state index contributed by atoms with van der Waals surface area (Å²) in [5.74, 6) is -0.197. The molecule has 0 aromatic heterocycles. The molecule has 0 heterocycles. The Kier molecular flexibility index (Phi) is 9.91. The van der Waals surface area contributed by atoms with Crippen LogP contribution in [0.3, 0.4) is 0 Å². The van der Waals surface area contributed by atoms with Gasteiger partial charge in [-0.15, -0.1) is 11.6 Å². The molecule has 0 bridgehead atoms. The van der Waals surface area contributed by atoms with Crippen molar-refractivity contribution in [2.24, 2.45) is 0 Å². The van der Waals surface area contributed by atoms with Crippen molar-refractivity contribution in [1.82, 2.24) is 0 Å². The molecular weight excluding hydrogens is 335 g/mol. The third-order valence-corrected chi connectivity index (χ3v) is 11.9. The maximum absolute atomic E-state index is 13.7. The number of benzene rings is 1. The van der Waals surface area contributed by atoms with E-state index in [1.54, 1.807) is 12.1 Å². The first-order valence-corrected chi connectivity index (χ1v) is 12.7. The second-order valence-corrected chi connectivity index (χ2v) is 12.5. The summed E-state index contributed by atoms with van der Waals surface area (Å²) >= 11 is 6.90. The first-order chi connectivity index (χ1) is 11.5. The van der Waals surface area contributed by atoms with Crippen LogP contribution in [-0.4, -0.2) is 8.07 Å². The number of unbranched alkanes of at least 4 members (excludes halogenated alkanes) is 4. The number of hydrogen-bond donors (Lipinski definition) is 0. The maximum atomic E-state index is 13.7. The standard InChI is InChI=1S/C21H34ClFSi/c1-5-9-10-11-12-16-20(24(6-2,7-3)8-4)21(22)18-14-13-15-19(23)17-18/h13-17,21H,5-12H2,1-4H3/b20-16+. The van der Waals surface area contributed by atoms with Crippen molar-refractivity contribution in [3.8, 4) is 0 Å². The van der Waals surface area contributed by atoms with E-state index in [4.69, 9.17) is 11.6 Å². The first kappa shape index (κ1) is 21.4. The highest BCUT2D eigenvalue weighted by Crippen LogP contribution is 2.41. The van der Waals surface area contributed by atoms with Gasteiger partial charge in [0.1, 0.15) is 5.82 Å². The van der Waals surface area contributed by atoms with Crippen molar-refractivity contribution in [3.05, 3.63) is 46.9 Å². The predicted molar refractivity (Wildman–Crippen MR) is 109 cm³/mol. The van der Waals surface area contributed by atoms with Crippen molar-refractivity contribution >= 4 is 19.7 Å². The van der Waals surface area contributed by atoms with Crippen molar-refractivity contribution in [2.45, 2.75) is 83.3 Å². The molecule has 1 atom stereocenters. The van der Waals surface area contributed by atoms with Crippen LogP contribution in [0.25, 0.3) is 0 Å². The third kappa shape index (κ3) is 5.74. The maximum Gasteiger partial charge on any atom is 0.123 e. The number of alkyl halides is 1. The lowest BCUT2D eigenvalue weighted by Gasteiger charge is -2.34. The minimum absolute atomic E-state index is 0.182. The van der Waals surface area contributed by atoms with Gasteiger partial charge in [0.05, 0.1) is 13.5 Å². The van der Waals surface area contributed by atoms with E-state index in [0.717, 1.165) is 12.0 Å². The molecule has 24 heavy (non-hydrogen) atoms. The molecule has 0 fully saturated rings. The highest BCUT2D eigenvalue weighted by Gasteiger charge is 2.35. The zero-order chi connectivity index (χ0) is 18.0. The van der Waals surface area contributed by atoms with E-state index < -0.39 is 8.07 Å². The van der Waals surface area contributed by atoms with E-state index in [0.29, 0.717) is 0 Å². The van der Waals surface area contributed by atoms with Crippen molar-refractivity contribution in [2.75, 3.05) is 0 Å². The molecule has 0 radical (unpaired) electrons. The smallest absolute Gasteiger partial charge is 0.123 e. The summed E-state index contributed by atoms with van der Waals surface area (Å²) in [5.41, 5.74) is 0.906. The fourth-order valence-electron chi connectivity index (χ4n) is 3.62. The van der Waals surface area contributed by atoms with Crippen LogP contribution in [0.1, 0.15) is 70.7 Å². The van der Waals surface area contributed by atoms with Gasteiger partial charge >= 0.3 is 0 Å². The minimum atomic E-state index is -1.57. The van der Waals surface area contributed by atoms with Crippen LogP contribution in [0, 0.1) is 5.82 Å². The molecule has 0 N–H and O–H groups in total. The fourth-order valence-corrected chi connectivity index (χ4v) is 8.55. The Labute approximate surface area is 154 Å². The van der Waals surface area contributed by atoms with Crippen molar-refractivity contribution in [1.29, 1.82) is 0 Å². The second kappa shape index (κ2) is 11.1. The van der Waals surface area contributed by atoms with Gasteiger partial charge in [0.25, 0.3) is 0 Å². The molecule has 0 nitrogen and oxygen atoms in total. The molecule has 0 amide bonds. The van der Waals surface area contributed by atoms with E-state index in [9.17, 15) is 4.39 Å². The highest BCUT2D eigenvalue weighted by atomic mass is 35.5. The van der Waals surface area contributed by atoms with Crippen LogP contribution in [0.5, 0.6) is 0 Å². The summed E-state index contributed by atoms with van der Waals surface area (Å²) in [6.45, 7) is 9.15. The average molecular weight is 369 g/mol. The molecule has 1 unspecified atom stereocenters. The number of hydrogen-bond acceptors (Lipinski definition) is 0. The van der Waals surface area contributed by atoms with Gasteiger partial charge in [-0.3, -0.25) is 0 Å². The Morgan fingerprint density at radius 1 is 1.08 bits per heavy atom. The van der Waals surface area contributed by atoms with Crippen LogP contribution in [-0.2, 0) is 0 Å². The normalized spacial score (nSPS) is 14.0. The Bertz CT molecular complexity index is 500. The molecule has 1 aromatic carbocycles. The first-order valence-electron chi connectivity index (χ1n) is 9.64. The van der Waals surface area contributed by atoms with Crippen LogP contribution in [0.4, 0.5) is 4.39 Å². The van der Waals surface area contributed by atoms with Crippen LogP contribution in [0.2, 0.25) is 18.1 Å². The second-order valence-electron chi connectivity index (χ2n) is 6.77. The van der Waals surface area contributed by atoms with Gasteiger partial charge in [-0.25, -0.2) is 4.39 Å². The molecule has 1 aromatic rings. The Morgan fingerprint density at radius 2 is 1.75 bits per heavy atom. The van der Waals surface area contributed by atoms with Gasteiger partial charge in [0.2, 0.25) is 0 Å². The van der Waals surface area contributed by atoms with Crippen molar-refractivity contribution in [3.63, 3.8) is 0 Å². The summed E-state index contributed by atoms with van der Waals surface area (Å²) in [7, 11) is -1.57. The van der Waals surface area contributed by atoms with Crippen LogP contribution < -0.4 is 0 Å². The fraction of sp³-hybridized carbons (Fsp3) is 0.619. The third-order valence-electron chi connectivity index (χ3n) is 5.48. The number of allylic oxidation sites excluding steroid dienone is 2. The van der Waals surface area contributed by atoms with Gasteiger partial charge in [-0.2, -0.15) is 0 Å². The number of rotatable bonds is 11. The van der Waals surface area contributed by atoms with Gasteiger partial charge < -0.3 is 0 Å². The lowest BCUT2D eigenvalue weighted by molar-refractivity contribution is 0.625. The number of halogens is 2. The Balaban J connectivity index is 3.09. The van der Waals surface area contributed by atoms with E-state index in [1.807, 2.05) is 6.07 Å². The molecule has 136 valence electrons. The zero-order valence-electron chi connectivity index (χ0n) is 15.9. The topological polar surface area (TPSA) is 0 Å². The summed E-state index contributed by atoms with van der Waals surface area (Å²) in [5, 5.41) is 1.25. The molecule has 0 saturated heterocycles. The predicted octanol–water partition coefficient (Wildman–Crippen LogP) is 8.05. The van der Waals surface area contributed by atoms with Gasteiger partial charge in [0.15, 0.2) is 0 Å². The average Bonchev–Trinajstić information content (AvgIpc) is 2.61. The molecule has 0 aliphatic carbocycles. The largest absolute Gasteiger partial charge is 0.207 e. The lowest BCUT2D eigenvalue weighted by atomic mass is 10.1. The Hall–Kier alpha value is -0.603. The molecule has 3 heteroatoms. The molecular formula is C21H34ClFSi. The van der Waals surface area contributed by atoms with Crippen LogP contribution in [0.15, 0.2) is 35.5 Å².